The minimum Gasteiger partial charge on any atom is -0.504 e. The second kappa shape index (κ2) is 9.63. The molecule has 1 aliphatic rings. The van der Waals surface area contributed by atoms with Crippen LogP contribution < -0.4 is 10.4 Å². The van der Waals surface area contributed by atoms with Gasteiger partial charge in [0.15, 0.2) is 23.0 Å². The highest BCUT2D eigenvalue weighted by Gasteiger charge is 2.48. The minimum atomic E-state index is -1.61. The molecule has 4 N–H and O–H groups in total. The average molecular weight is 492 g/mol. The van der Waals surface area contributed by atoms with Gasteiger partial charge in [0.1, 0.15) is 22.9 Å². The van der Waals surface area contributed by atoms with Crippen molar-refractivity contribution in [3.05, 3.63) is 75.3 Å². The van der Waals surface area contributed by atoms with Gasteiger partial charge in [-0.15, -0.1) is 0 Å². The quantitative estimate of drug-likeness (QED) is 0.355. The number of methoxy groups -OCH3 is 1. The summed E-state index contributed by atoms with van der Waals surface area (Å²) in [6.45, 7) is 1.70. The Bertz CT molecular complexity index is 1450. The molecule has 9 heteroatoms. The van der Waals surface area contributed by atoms with Gasteiger partial charge in [0, 0.05) is 25.2 Å². The fourth-order valence-corrected chi connectivity index (χ4v) is 3.86. The van der Waals surface area contributed by atoms with Crippen LogP contribution in [-0.2, 0) is 9.53 Å². The van der Waals surface area contributed by atoms with Crippen LogP contribution in [0, 0.1) is 0 Å². The van der Waals surface area contributed by atoms with Crippen LogP contribution in [0.5, 0.6) is 28.7 Å². The van der Waals surface area contributed by atoms with Crippen LogP contribution in [0.4, 0.5) is 0 Å². The number of ether oxygens (including phenoxy) is 2. The van der Waals surface area contributed by atoms with Crippen molar-refractivity contribution < 1.29 is 39.1 Å². The number of ketones is 1. The molecule has 0 fully saturated rings. The number of carbonyl (C=O) groups is 1. The summed E-state index contributed by atoms with van der Waals surface area (Å²) in [4.78, 5) is 25.5. The molecule has 4 rings (SSSR count). The van der Waals surface area contributed by atoms with Crippen LogP contribution in [-0.4, -0.2) is 39.1 Å². The maximum atomic E-state index is 13.1. The number of hydrogen-bond donors (Lipinski definition) is 4. The van der Waals surface area contributed by atoms with Gasteiger partial charge in [-0.1, -0.05) is 25.1 Å². The first-order valence-electron chi connectivity index (χ1n) is 11.0. The highest BCUT2D eigenvalue weighted by molar-refractivity contribution is 5.93. The standard InChI is InChI=1S/C27H24O9/c1-3-17(28)14-27(34-2)19(10-16-6-9-21(30)23(32)12-16)25-24(36-27)13-18(35-26(25)33)7-4-15-5-8-20(29)22(31)11-15/h4-13,29-32H,3,14H2,1-2H3. The van der Waals surface area contributed by atoms with Crippen molar-refractivity contribution in [1.29, 1.82) is 0 Å². The van der Waals surface area contributed by atoms with E-state index in [0.29, 0.717) is 11.1 Å². The lowest BCUT2D eigenvalue weighted by Gasteiger charge is -2.28. The summed E-state index contributed by atoms with van der Waals surface area (Å²) >= 11 is 0. The Labute approximate surface area is 205 Å². The molecule has 2 aromatic carbocycles. The Morgan fingerprint density at radius 2 is 1.58 bits per heavy atom. The van der Waals surface area contributed by atoms with Gasteiger partial charge in [-0.25, -0.2) is 4.79 Å². The van der Waals surface area contributed by atoms with Crippen molar-refractivity contribution in [1.82, 2.24) is 0 Å². The predicted molar refractivity (Wildman–Crippen MR) is 132 cm³/mol. The summed E-state index contributed by atoms with van der Waals surface area (Å²) in [5.41, 5.74) is 0.532. The first kappa shape index (κ1) is 24.6. The lowest BCUT2D eigenvalue weighted by Crippen LogP contribution is -2.38. The molecule has 0 saturated heterocycles. The highest BCUT2D eigenvalue weighted by Crippen LogP contribution is 2.47. The molecule has 36 heavy (non-hydrogen) atoms. The number of hydrogen-bond acceptors (Lipinski definition) is 9. The Balaban J connectivity index is 1.81. The zero-order chi connectivity index (χ0) is 26.0. The Morgan fingerprint density at radius 3 is 2.19 bits per heavy atom. The molecular formula is C27H24O9. The van der Waals surface area contributed by atoms with Gasteiger partial charge in [0.05, 0.1) is 6.42 Å². The van der Waals surface area contributed by atoms with Crippen LogP contribution in [0.15, 0.2) is 51.7 Å². The summed E-state index contributed by atoms with van der Waals surface area (Å²) < 4.78 is 17.2. The van der Waals surface area contributed by atoms with Crippen molar-refractivity contribution in [3.8, 4) is 28.7 Å². The number of fused-ring (bicyclic) bond motifs is 1. The second-order valence-electron chi connectivity index (χ2n) is 8.19. The van der Waals surface area contributed by atoms with E-state index >= 15 is 0 Å². The molecule has 0 amide bonds. The summed E-state index contributed by atoms with van der Waals surface area (Å²) in [6.07, 6.45) is 4.63. The Kier molecular flexibility index (Phi) is 6.59. The van der Waals surface area contributed by atoms with Crippen molar-refractivity contribution in [2.45, 2.75) is 25.6 Å². The van der Waals surface area contributed by atoms with Gasteiger partial charge in [0.25, 0.3) is 0 Å². The normalized spacial score (nSPS) is 17.9. The monoisotopic (exact) mass is 492 g/mol. The average Bonchev–Trinajstić information content (AvgIpc) is 3.15. The lowest BCUT2D eigenvalue weighted by molar-refractivity contribution is -0.140. The molecule has 0 spiro atoms. The molecule has 0 radical (unpaired) electrons. The molecule has 0 bridgehead atoms. The molecule has 1 atom stereocenters. The molecule has 0 saturated carbocycles. The van der Waals surface area contributed by atoms with E-state index in [1.54, 1.807) is 19.1 Å². The van der Waals surface area contributed by atoms with Gasteiger partial charge >= 0.3 is 5.63 Å². The molecule has 186 valence electrons. The Hall–Kier alpha value is -4.50. The van der Waals surface area contributed by atoms with Crippen LogP contribution in [0.1, 0.15) is 42.2 Å². The zero-order valence-electron chi connectivity index (χ0n) is 19.5. The number of Topliss-reactive ketones (excluding diaryl/α,β-unsaturated/α-hetero) is 1. The molecular weight excluding hydrogens is 468 g/mol. The van der Waals surface area contributed by atoms with E-state index < -0.39 is 11.4 Å². The minimum absolute atomic E-state index is 0.0627. The van der Waals surface area contributed by atoms with Gasteiger partial charge in [-0.05, 0) is 47.5 Å². The highest BCUT2D eigenvalue weighted by atomic mass is 16.7. The van der Waals surface area contributed by atoms with Crippen LogP contribution in [0.2, 0.25) is 0 Å². The largest absolute Gasteiger partial charge is 0.504 e. The molecule has 3 aromatic rings. The summed E-state index contributed by atoms with van der Waals surface area (Å²) in [5, 5.41) is 38.7. The third kappa shape index (κ3) is 4.69. The zero-order valence-corrected chi connectivity index (χ0v) is 19.5. The fraction of sp³-hybridized carbons (Fsp3) is 0.185. The predicted octanol–water partition coefficient (Wildman–Crippen LogP) is 4.28. The second-order valence-corrected chi connectivity index (χ2v) is 8.19. The summed E-state index contributed by atoms with van der Waals surface area (Å²) in [6, 6.07) is 9.82. The van der Waals surface area contributed by atoms with Crippen molar-refractivity contribution in [3.63, 3.8) is 0 Å². The number of phenolic OH excluding ortho intramolecular Hbond substituents is 4. The number of aromatic hydroxyl groups is 4. The van der Waals surface area contributed by atoms with Crippen molar-refractivity contribution in [2.24, 2.45) is 0 Å². The number of rotatable bonds is 7. The van der Waals surface area contributed by atoms with E-state index in [4.69, 9.17) is 13.9 Å². The van der Waals surface area contributed by atoms with Crippen LogP contribution in [0.25, 0.3) is 23.8 Å². The van der Waals surface area contributed by atoms with E-state index in [1.165, 1.54) is 55.7 Å². The molecule has 1 aliphatic heterocycles. The maximum absolute atomic E-state index is 13.1. The summed E-state index contributed by atoms with van der Waals surface area (Å²) in [5.74, 6) is -2.72. The molecule has 1 unspecified atom stereocenters. The molecule has 1 aromatic heterocycles. The van der Waals surface area contributed by atoms with Gasteiger partial charge in [-0.3, -0.25) is 4.79 Å². The Morgan fingerprint density at radius 1 is 0.944 bits per heavy atom. The lowest BCUT2D eigenvalue weighted by atomic mass is 9.93. The topological polar surface area (TPSA) is 147 Å². The first-order valence-corrected chi connectivity index (χ1v) is 11.0. The van der Waals surface area contributed by atoms with Crippen molar-refractivity contribution >= 4 is 29.6 Å². The van der Waals surface area contributed by atoms with Gasteiger partial charge < -0.3 is 34.3 Å². The van der Waals surface area contributed by atoms with E-state index in [9.17, 15) is 30.0 Å². The van der Waals surface area contributed by atoms with Crippen molar-refractivity contribution in [2.75, 3.05) is 7.11 Å². The third-order valence-electron chi connectivity index (χ3n) is 5.79. The van der Waals surface area contributed by atoms with Gasteiger partial charge in [0.2, 0.25) is 5.79 Å². The molecule has 9 nitrogen and oxygen atoms in total. The van der Waals surface area contributed by atoms with Crippen LogP contribution in [0.3, 0.4) is 0 Å². The molecule has 2 heterocycles. The van der Waals surface area contributed by atoms with E-state index in [1.807, 2.05) is 0 Å². The van der Waals surface area contributed by atoms with E-state index in [0.717, 1.165) is 0 Å². The maximum Gasteiger partial charge on any atom is 0.347 e. The number of benzene rings is 2. The number of carbonyl (C=O) groups excluding carboxylic acids is 1. The van der Waals surface area contributed by atoms with E-state index in [-0.39, 0.29) is 64.3 Å². The summed E-state index contributed by atoms with van der Waals surface area (Å²) in [7, 11) is 1.36. The van der Waals surface area contributed by atoms with Crippen LogP contribution >= 0.6 is 0 Å². The smallest absolute Gasteiger partial charge is 0.347 e. The number of phenols is 4. The first-order chi connectivity index (χ1) is 17.2. The fourth-order valence-electron chi connectivity index (χ4n) is 3.86. The molecule has 0 aliphatic carbocycles. The SMILES string of the molecule is CCC(=O)CC1(OC)Oc2cc(C=Cc3ccc(O)c(O)c3)oc(=O)c2C1=Cc1ccc(O)c(O)c1. The van der Waals surface area contributed by atoms with Gasteiger partial charge in [-0.2, -0.15) is 0 Å². The third-order valence-corrected chi connectivity index (χ3v) is 5.79. The van der Waals surface area contributed by atoms with E-state index in [2.05, 4.69) is 0 Å².